The predicted molar refractivity (Wildman–Crippen MR) is 51.8 cm³/mol. The predicted octanol–water partition coefficient (Wildman–Crippen LogP) is 1.32. The van der Waals surface area contributed by atoms with Gasteiger partial charge in [0.25, 0.3) is 0 Å². The lowest BCUT2D eigenvalue weighted by Gasteiger charge is -2.05. The Bertz CT molecular complexity index is 447. The van der Waals surface area contributed by atoms with E-state index in [1.165, 1.54) is 12.1 Å². The van der Waals surface area contributed by atoms with Crippen molar-refractivity contribution in [1.29, 1.82) is 5.26 Å². The van der Waals surface area contributed by atoms with Crippen LogP contribution in [0.1, 0.15) is 10.4 Å². The smallest absolute Gasteiger partial charge is 0.331 e. The van der Waals surface area contributed by atoms with E-state index in [0.717, 1.165) is 19.2 Å². The minimum absolute atomic E-state index is 0.0957. The second-order valence-electron chi connectivity index (χ2n) is 2.96. The molecule has 0 saturated heterocycles. The Labute approximate surface area is 91.3 Å². The number of methoxy groups -OCH3 is 1. The number of ether oxygens (including phenoxy) is 1. The second-order valence-corrected chi connectivity index (χ2v) is 2.96. The number of carbonyl (C=O) groups is 2. The number of nitriles is 1. The molecule has 0 aromatic heterocycles. The van der Waals surface area contributed by atoms with E-state index in [4.69, 9.17) is 5.26 Å². The van der Waals surface area contributed by atoms with Crippen LogP contribution in [-0.2, 0) is 9.53 Å². The van der Waals surface area contributed by atoms with E-state index >= 15 is 0 Å². The molecule has 5 heteroatoms. The Morgan fingerprint density at radius 1 is 1.38 bits per heavy atom. The average Bonchev–Trinajstić information content (AvgIpc) is 2.30. The molecule has 0 radical (unpaired) electrons. The summed E-state index contributed by atoms with van der Waals surface area (Å²) in [7, 11) is 1.09. The van der Waals surface area contributed by atoms with Crippen molar-refractivity contribution in [3.63, 3.8) is 0 Å². The van der Waals surface area contributed by atoms with Gasteiger partial charge in [-0.25, -0.2) is 4.39 Å². The summed E-state index contributed by atoms with van der Waals surface area (Å²) in [4.78, 5) is 22.7. The molecular weight excluding hydrogens is 213 g/mol. The summed E-state index contributed by atoms with van der Waals surface area (Å²) in [5, 5.41) is 8.67. The lowest BCUT2D eigenvalue weighted by atomic mass is 9.99. The molecule has 0 heterocycles. The maximum atomic E-state index is 12.6. The Balaban J connectivity index is 2.97. The molecule has 0 bridgehead atoms. The van der Waals surface area contributed by atoms with Crippen molar-refractivity contribution in [3.05, 3.63) is 35.6 Å². The van der Waals surface area contributed by atoms with Gasteiger partial charge in [-0.3, -0.25) is 9.59 Å². The third kappa shape index (κ3) is 2.42. The van der Waals surface area contributed by atoms with Crippen LogP contribution in [0.15, 0.2) is 24.3 Å². The van der Waals surface area contributed by atoms with Gasteiger partial charge in [0.15, 0.2) is 5.78 Å². The Kier molecular flexibility index (Phi) is 3.72. The summed E-state index contributed by atoms with van der Waals surface area (Å²) in [6.45, 7) is 0. The van der Waals surface area contributed by atoms with Crippen LogP contribution in [0.3, 0.4) is 0 Å². The zero-order chi connectivity index (χ0) is 12.1. The molecule has 4 nitrogen and oxygen atoms in total. The molecule has 0 amide bonds. The fourth-order valence-corrected chi connectivity index (χ4v) is 1.12. The van der Waals surface area contributed by atoms with Gasteiger partial charge in [-0.05, 0) is 24.3 Å². The molecular formula is C11H8FNO3. The minimum Gasteiger partial charge on any atom is -0.468 e. The normalized spacial score (nSPS) is 11.3. The lowest BCUT2D eigenvalue weighted by Crippen LogP contribution is -2.23. The third-order valence-electron chi connectivity index (χ3n) is 1.96. The van der Waals surface area contributed by atoms with Gasteiger partial charge in [0.2, 0.25) is 5.92 Å². The van der Waals surface area contributed by atoms with Gasteiger partial charge < -0.3 is 4.74 Å². The highest BCUT2D eigenvalue weighted by Crippen LogP contribution is 2.11. The standard InChI is InChI=1S/C11H8FNO3/c1-16-11(15)9(6-13)10(14)7-2-4-8(12)5-3-7/h2-5,9H,1H3. The molecule has 0 N–H and O–H groups in total. The van der Waals surface area contributed by atoms with Crippen molar-refractivity contribution in [2.45, 2.75) is 0 Å². The SMILES string of the molecule is COC(=O)C(C#N)C(=O)c1ccc(F)cc1. The molecule has 0 aliphatic rings. The number of hydrogen-bond donors (Lipinski definition) is 0. The third-order valence-corrected chi connectivity index (χ3v) is 1.96. The van der Waals surface area contributed by atoms with Crippen LogP contribution in [0, 0.1) is 23.1 Å². The van der Waals surface area contributed by atoms with E-state index in [2.05, 4.69) is 4.74 Å². The zero-order valence-corrected chi connectivity index (χ0v) is 8.44. The maximum Gasteiger partial charge on any atom is 0.331 e. The van der Waals surface area contributed by atoms with Crippen LogP contribution in [0.4, 0.5) is 4.39 Å². The Morgan fingerprint density at radius 2 is 1.94 bits per heavy atom. The number of hydrogen-bond acceptors (Lipinski definition) is 4. The van der Waals surface area contributed by atoms with Crippen LogP contribution >= 0.6 is 0 Å². The first-order valence-electron chi connectivity index (χ1n) is 4.37. The van der Waals surface area contributed by atoms with Crippen molar-refractivity contribution < 1.29 is 18.7 Å². The van der Waals surface area contributed by atoms with Gasteiger partial charge in [0.1, 0.15) is 5.82 Å². The summed E-state index contributed by atoms with van der Waals surface area (Å²) in [5.74, 6) is -3.62. The summed E-state index contributed by atoms with van der Waals surface area (Å²) in [6.07, 6.45) is 0. The molecule has 1 atom stereocenters. The first-order chi connectivity index (χ1) is 7.60. The monoisotopic (exact) mass is 221 g/mol. The summed E-state index contributed by atoms with van der Waals surface area (Å²) < 4.78 is 16.9. The first-order valence-corrected chi connectivity index (χ1v) is 4.37. The topological polar surface area (TPSA) is 67.2 Å². The van der Waals surface area contributed by atoms with E-state index in [0.29, 0.717) is 0 Å². The fourth-order valence-electron chi connectivity index (χ4n) is 1.12. The number of carbonyl (C=O) groups excluding carboxylic acids is 2. The first kappa shape index (κ1) is 11.9. The van der Waals surface area contributed by atoms with Crippen LogP contribution in [0.25, 0.3) is 0 Å². The van der Waals surface area contributed by atoms with E-state index < -0.39 is 23.5 Å². The lowest BCUT2D eigenvalue weighted by molar-refractivity contribution is -0.141. The number of Topliss-reactive ketones (excluding diaryl/α,β-unsaturated/α-hetero) is 1. The second kappa shape index (κ2) is 5.03. The summed E-state index contributed by atoms with van der Waals surface area (Å²) in [6, 6.07) is 6.14. The van der Waals surface area contributed by atoms with Crippen molar-refractivity contribution >= 4 is 11.8 Å². The van der Waals surface area contributed by atoms with E-state index in [-0.39, 0.29) is 5.56 Å². The quantitative estimate of drug-likeness (QED) is 0.438. The van der Waals surface area contributed by atoms with Gasteiger partial charge in [0, 0.05) is 5.56 Å². The summed E-state index contributed by atoms with van der Waals surface area (Å²) >= 11 is 0. The van der Waals surface area contributed by atoms with Gasteiger partial charge in [0.05, 0.1) is 13.2 Å². The number of ketones is 1. The molecule has 0 aliphatic heterocycles. The highest BCUT2D eigenvalue weighted by Gasteiger charge is 2.28. The van der Waals surface area contributed by atoms with E-state index in [1.54, 1.807) is 6.07 Å². The number of rotatable bonds is 3. The van der Waals surface area contributed by atoms with Gasteiger partial charge in [-0.15, -0.1) is 0 Å². The highest BCUT2D eigenvalue weighted by atomic mass is 19.1. The molecule has 0 fully saturated rings. The molecule has 1 aromatic rings. The molecule has 0 spiro atoms. The molecule has 1 unspecified atom stereocenters. The van der Waals surface area contributed by atoms with Gasteiger partial charge in [-0.2, -0.15) is 5.26 Å². The van der Waals surface area contributed by atoms with Crippen molar-refractivity contribution in [1.82, 2.24) is 0 Å². The number of nitrogens with zero attached hydrogens (tertiary/aromatic N) is 1. The van der Waals surface area contributed by atoms with Crippen LogP contribution in [0.5, 0.6) is 0 Å². The summed E-state index contributed by atoms with van der Waals surface area (Å²) in [5.41, 5.74) is 0.0957. The van der Waals surface area contributed by atoms with Gasteiger partial charge in [-0.1, -0.05) is 0 Å². The average molecular weight is 221 g/mol. The molecule has 0 saturated carbocycles. The van der Waals surface area contributed by atoms with Crippen molar-refractivity contribution in [3.8, 4) is 6.07 Å². The number of benzene rings is 1. The Morgan fingerprint density at radius 3 is 2.38 bits per heavy atom. The molecule has 1 rings (SSSR count). The number of halogens is 1. The van der Waals surface area contributed by atoms with Crippen LogP contribution in [0.2, 0.25) is 0 Å². The zero-order valence-electron chi connectivity index (χ0n) is 8.44. The molecule has 82 valence electrons. The van der Waals surface area contributed by atoms with Gasteiger partial charge >= 0.3 is 5.97 Å². The molecule has 0 aliphatic carbocycles. The van der Waals surface area contributed by atoms with Crippen molar-refractivity contribution in [2.24, 2.45) is 5.92 Å². The van der Waals surface area contributed by atoms with Crippen molar-refractivity contribution in [2.75, 3.05) is 7.11 Å². The maximum absolute atomic E-state index is 12.6. The van der Waals surface area contributed by atoms with E-state index in [9.17, 15) is 14.0 Å². The molecule has 1 aromatic carbocycles. The molecule has 16 heavy (non-hydrogen) atoms. The fraction of sp³-hybridized carbons (Fsp3) is 0.182. The number of esters is 1. The minimum atomic E-state index is -1.50. The van der Waals surface area contributed by atoms with Crippen LogP contribution < -0.4 is 0 Å². The van der Waals surface area contributed by atoms with Crippen LogP contribution in [-0.4, -0.2) is 18.9 Å². The highest BCUT2D eigenvalue weighted by molar-refractivity contribution is 6.10. The largest absolute Gasteiger partial charge is 0.468 e. The van der Waals surface area contributed by atoms with E-state index in [1.807, 2.05) is 0 Å². The Hall–Kier alpha value is -2.22.